The summed E-state index contributed by atoms with van der Waals surface area (Å²) in [5, 5.41) is 2.11. The lowest BCUT2D eigenvalue weighted by atomic mass is 10.2. The Bertz CT molecular complexity index is 986. The number of sulfonamides is 1. The average Bonchev–Trinajstić information content (AvgIpc) is 2.61. The number of methoxy groups -OCH3 is 1. The van der Waals surface area contributed by atoms with Gasteiger partial charge in [-0.3, -0.25) is 4.79 Å². The third kappa shape index (κ3) is 4.71. The van der Waals surface area contributed by atoms with Crippen LogP contribution >= 0.6 is 11.6 Å². The number of carbonyl (C=O) groups is 1. The number of hydrogen-bond acceptors (Lipinski definition) is 4. The second kappa shape index (κ2) is 8.15. The van der Waals surface area contributed by atoms with Crippen molar-refractivity contribution in [3.63, 3.8) is 0 Å². The maximum atomic E-state index is 13.6. The molecule has 146 valence electrons. The van der Waals surface area contributed by atoms with E-state index in [0.29, 0.717) is 6.07 Å². The molecule has 1 atom stereocenters. The largest absolute Gasteiger partial charge is 0.495 e. The molecule has 6 nitrogen and oxygen atoms in total. The number of nitrogens with one attached hydrogen (secondary N) is 2. The van der Waals surface area contributed by atoms with Crippen LogP contribution in [0.15, 0.2) is 35.2 Å². The summed E-state index contributed by atoms with van der Waals surface area (Å²) in [6, 6.07) is 3.93. The topological polar surface area (TPSA) is 84.5 Å². The van der Waals surface area contributed by atoms with Gasteiger partial charge in [-0.15, -0.1) is 0 Å². The SMILES string of the molecule is COc1ccc(Cl)cc1S(=O)(=O)N[C@@H](C)C(=O)Nc1ccc(F)c(F)c1F. The smallest absolute Gasteiger partial charge is 0.245 e. The molecule has 0 heterocycles. The molecule has 1 amide bonds. The van der Waals surface area contributed by atoms with E-state index >= 15 is 0 Å². The molecule has 0 fully saturated rings. The number of carbonyl (C=O) groups excluding carboxylic acids is 1. The van der Waals surface area contributed by atoms with Crippen LogP contribution in [0.3, 0.4) is 0 Å². The fraction of sp³-hybridized carbons (Fsp3) is 0.188. The van der Waals surface area contributed by atoms with Crippen LogP contribution in [-0.4, -0.2) is 27.5 Å². The molecule has 0 saturated carbocycles. The van der Waals surface area contributed by atoms with Crippen molar-refractivity contribution in [2.24, 2.45) is 0 Å². The fourth-order valence-corrected chi connectivity index (χ4v) is 3.71. The Kier molecular flexibility index (Phi) is 6.34. The van der Waals surface area contributed by atoms with Crippen molar-refractivity contribution >= 4 is 33.2 Å². The van der Waals surface area contributed by atoms with Gasteiger partial charge in [0, 0.05) is 5.02 Å². The van der Waals surface area contributed by atoms with E-state index in [1.54, 1.807) is 0 Å². The van der Waals surface area contributed by atoms with Gasteiger partial charge in [0.15, 0.2) is 17.5 Å². The predicted molar refractivity (Wildman–Crippen MR) is 92.7 cm³/mol. The Morgan fingerprint density at radius 3 is 2.44 bits per heavy atom. The van der Waals surface area contributed by atoms with Crippen LogP contribution in [0.5, 0.6) is 5.75 Å². The molecule has 0 aliphatic carbocycles. The summed E-state index contributed by atoms with van der Waals surface area (Å²) >= 11 is 5.80. The molecule has 0 aliphatic rings. The summed E-state index contributed by atoms with van der Waals surface area (Å²) in [6.07, 6.45) is 0. The molecule has 2 rings (SSSR count). The minimum Gasteiger partial charge on any atom is -0.495 e. The highest BCUT2D eigenvalue weighted by Gasteiger charge is 2.26. The first-order valence-corrected chi connectivity index (χ1v) is 9.23. The molecular formula is C16H14ClF3N2O4S. The van der Waals surface area contributed by atoms with E-state index in [-0.39, 0.29) is 15.7 Å². The third-order valence-corrected chi connectivity index (χ3v) is 5.23. The number of halogens is 4. The summed E-state index contributed by atoms with van der Waals surface area (Å²) in [6.45, 7) is 1.18. The van der Waals surface area contributed by atoms with Crippen molar-refractivity contribution in [3.8, 4) is 5.75 Å². The first-order valence-electron chi connectivity index (χ1n) is 7.37. The van der Waals surface area contributed by atoms with Gasteiger partial charge >= 0.3 is 0 Å². The molecule has 0 aliphatic heterocycles. The minimum absolute atomic E-state index is 0.00819. The van der Waals surface area contributed by atoms with Gasteiger partial charge in [0.2, 0.25) is 15.9 Å². The van der Waals surface area contributed by atoms with Crippen LogP contribution in [-0.2, 0) is 14.8 Å². The summed E-state index contributed by atoms with van der Waals surface area (Å²) < 4.78 is 71.8. The number of benzene rings is 2. The monoisotopic (exact) mass is 422 g/mol. The van der Waals surface area contributed by atoms with Crippen molar-refractivity contribution < 1.29 is 31.1 Å². The van der Waals surface area contributed by atoms with Crippen LogP contribution in [0.25, 0.3) is 0 Å². The lowest BCUT2D eigenvalue weighted by molar-refractivity contribution is -0.117. The minimum atomic E-state index is -4.24. The van der Waals surface area contributed by atoms with Crippen molar-refractivity contribution in [3.05, 3.63) is 52.8 Å². The maximum absolute atomic E-state index is 13.6. The van der Waals surface area contributed by atoms with E-state index in [0.717, 1.165) is 12.1 Å². The molecule has 0 spiro atoms. The average molecular weight is 423 g/mol. The fourth-order valence-electron chi connectivity index (χ4n) is 2.07. The molecule has 2 aromatic carbocycles. The molecule has 0 radical (unpaired) electrons. The molecule has 27 heavy (non-hydrogen) atoms. The van der Waals surface area contributed by atoms with Crippen LogP contribution < -0.4 is 14.8 Å². The van der Waals surface area contributed by atoms with E-state index in [1.807, 2.05) is 5.32 Å². The van der Waals surface area contributed by atoms with Crippen LogP contribution in [0, 0.1) is 17.5 Å². The van der Waals surface area contributed by atoms with Crippen molar-refractivity contribution in [1.29, 1.82) is 0 Å². The van der Waals surface area contributed by atoms with Gasteiger partial charge in [-0.25, -0.2) is 21.6 Å². The van der Waals surface area contributed by atoms with E-state index < -0.39 is 45.1 Å². The lowest BCUT2D eigenvalue weighted by Crippen LogP contribution is -2.41. The highest BCUT2D eigenvalue weighted by molar-refractivity contribution is 7.89. The molecule has 0 unspecified atom stereocenters. The van der Waals surface area contributed by atoms with E-state index in [2.05, 4.69) is 4.72 Å². The number of rotatable bonds is 6. The van der Waals surface area contributed by atoms with E-state index in [4.69, 9.17) is 16.3 Å². The highest BCUT2D eigenvalue weighted by atomic mass is 35.5. The van der Waals surface area contributed by atoms with Gasteiger partial charge in [0.25, 0.3) is 0 Å². The third-order valence-electron chi connectivity index (χ3n) is 3.43. The van der Waals surface area contributed by atoms with Gasteiger partial charge in [-0.2, -0.15) is 4.72 Å². The van der Waals surface area contributed by atoms with Crippen LogP contribution in [0.1, 0.15) is 6.92 Å². The van der Waals surface area contributed by atoms with Crippen molar-refractivity contribution in [1.82, 2.24) is 4.72 Å². The van der Waals surface area contributed by atoms with Crippen LogP contribution in [0.2, 0.25) is 5.02 Å². The van der Waals surface area contributed by atoms with Gasteiger partial charge in [0.05, 0.1) is 18.8 Å². The van der Waals surface area contributed by atoms with Crippen molar-refractivity contribution in [2.75, 3.05) is 12.4 Å². The normalized spacial score (nSPS) is 12.5. The molecule has 2 aromatic rings. The predicted octanol–water partition coefficient (Wildman–Crippen LogP) is 3.07. The van der Waals surface area contributed by atoms with Gasteiger partial charge in [-0.1, -0.05) is 11.6 Å². The zero-order valence-corrected chi connectivity index (χ0v) is 15.6. The van der Waals surface area contributed by atoms with Crippen LogP contribution in [0.4, 0.5) is 18.9 Å². The van der Waals surface area contributed by atoms with Gasteiger partial charge in [-0.05, 0) is 37.3 Å². The number of ether oxygens (including phenoxy) is 1. The zero-order chi connectivity index (χ0) is 20.4. The Balaban J connectivity index is 2.21. The highest BCUT2D eigenvalue weighted by Crippen LogP contribution is 2.27. The Labute approximate surface area is 158 Å². The first-order chi connectivity index (χ1) is 12.6. The summed E-state index contributed by atoms with van der Waals surface area (Å²) in [5.74, 6) is -5.79. The lowest BCUT2D eigenvalue weighted by Gasteiger charge is -2.16. The Hall–Kier alpha value is -2.30. The molecular weight excluding hydrogens is 409 g/mol. The van der Waals surface area contributed by atoms with Gasteiger partial charge < -0.3 is 10.1 Å². The summed E-state index contributed by atoms with van der Waals surface area (Å²) in [5.41, 5.74) is -0.634. The Morgan fingerprint density at radius 1 is 1.15 bits per heavy atom. The number of hydrogen-bond donors (Lipinski definition) is 2. The number of amides is 1. The molecule has 0 bridgehead atoms. The second-order valence-corrected chi connectivity index (χ2v) is 7.47. The van der Waals surface area contributed by atoms with Gasteiger partial charge in [0.1, 0.15) is 10.6 Å². The standard InChI is InChI=1S/C16H14ClF3N2O4S/c1-8(16(23)21-11-5-4-10(18)14(19)15(11)20)22-27(24,25)13-7-9(17)3-6-12(13)26-2/h3-8,22H,1-2H3,(H,21,23)/t8-/m0/s1. The van der Waals surface area contributed by atoms with Crippen molar-refractivity contribution in [2.45, 2.75) is 17.9 Å². The zero-order valence-electron chi connectivity index (χ0n) is 14.0. The maximum Gasteiger partial charge on any atom is 0.245 e. The molecule has 2 N–H and O–H groups in total. The Morgan fingerprint density at radius 2 is 1.81 bits per heavy atom. The molecule has 0 saturated heterocycles. The summed E-state index contributed by atoms with van der Waals surface area (Å²) in [4.78, 5) is 11.8. The van der Waals surface area contributed by atoms with E-state index in [9.17, 15) is 26.4 Å². The quantitative estimate of drug-likeness (QED) is 0.701. The first kappa shape index (κ1) is 21.0. The second-order valence-electron chi connectivity index (χ2n) is 5.35. The number of anilines is 1. The molecule has 11 heteroatoms. The summed E-state index contributed by atoms with van der Waals surface area (Å²) in [7, 11) is -2.98. The molecule has 0 aromatic heterocycles. The van der Waals surface area contributed by atoms with E-state index in [1.165, 1.54) is 26.2 Å².